The van der Waals surface area contributed by atoms with Gasteiger partial charge in [-0.05, 0) is 68.5 Å². The number of carbonyl (C=O) groups excluding carboxylic acids is 2. The van der Waals surface area contributed by atoms with Crippen molar-refractivity contribution in [3.05, 3.63) is 63.6 Å². The number of nitrogens with one attached hydrogen (secondary N) is 1. The van der Waals surface area contributed by atoms with Crippen molar-refractivity contribution in [1.82, 2.24) is 10.2 Å². The third-order valence-corrected chi connectivity index (χ3v) is 8.60. The topological polar surface area (TPSA) is 86.8 Å². The van der Waals surface area contributed by atoms with E-state index in [0.717, 1.165) is 43.1 Å². The van der Waals surface area contributed by atoms with E-state index in [1.54, 1.807) is 42.2 Å². The monoisotopic (exact) mass is 581 g/mol. The number of rotatable bonds is 11. The molecule has 10 heteroatoms. The molecular weight excluding hydrogens is 545 g/mol. The molecule has 3 rings (SSSR count). The van der Waals surface area contributed by atoms with Crippen molar-refractivity contribution in [3.63, 3.8) is 0 Å². The lowest BCUT2D eigenvalue weighted by Gasteiger charge is -2.31. The summed E-state index contributed by atoms with van der Waals surface area (Å²) in [5, 5.41) is 4.10. The number of sulfonamides is 1. The maximum absolute atomic E-state index is 13.5. The van der Waals surface area contributed by atoms with E-state index in [4.69, 9.17) is 23.2 Å². The maximum atomic E-state index is 13.5. The lowest BCUT2D eigenvalue weighted by Crippen LogP contribution is -2.50. The molecule has 2 aromatic carbocycles. The highest BCUT2D eigenvalue weighted by Crippen LogP contribution is 2.27. The van der Waals surface area contributed by atoms with Gasteiger partial charge >= 0.3 is 0 Å². The van der Waals surface area contributed by atoms with Gasteiger partial charge in [-0.15, -0.1) is 0 Å². The highest BCUT2D eigenvalue weighted by Gasteiger charge is 2.28. The zero-order valence-electron chi connectivity index (χ0n) is 22.3. The van der Waals surface area contributed by atoms with Crippen LogP contribution in [0.25, 0.3) is 0 Å². The first-order chi connectivity index (χ1) is 18.0. The van der Waals surface area contributed by atoms with Gasteiger partial charge in [0.2, 0.25) is 21.8 Å². The maximum Gasteiger partial charge on any atom is 0.242 e. The predicted octanol–water partition coefficient (Wildman–Crippen LogP) is 5.71. The van der Waals surface area contributed by atoms with Gasteiger partial charge in [-0.25, -0.2) is 8.42 Å². The average molecular weight is 583 g/mol. The second-order valence-corrected chi connectivity index (χ2v) is 12.8. The molecule has 2 aromatic rings. The Hall–Kier alpha value is -2.29. The van der Waals surface area contributed by atoms with Gasteiger partial charge in [0.25, 0.3) is 0 Å². The van der Waals surface area contributed by atoms with Crippen molar-refractivity contribution in [2.24, 2.45) is 0 Å². The molecule has 0 bridgehead atoms. The van der Waals surface area contributed by atoms with Crippen LogP contribution < -0.4 is 9.62 Å². The van der Waals surface area contributed by atoms with E-state index in [2.05, 4.69) is 5.32 Å². The predicted molar refractivity (Wildman–Crippen MR) is 154 cm³/mol. The Labute approximate surface area is 236 Å². The molecule has 0 unspecified atom stereocenters. The molecule has 0 aromatic heterocycles. The van der Waals surface area contributed by atoms with Gasteiger partial charge in [0.15, 0.2) is 0 Å². The van der Waals surface area contributed by atoms with Crippen molar-refractivity contribution in [2.45, 2.75) is 77.4 Å². The minimum absolute atomic E-state index is 0.0766. The van der Waals surface area contributed by atoms with Crippen LogP contribution in [0.4, 0.5) is 5.69 Å². The minimum atomic E-state index is -3.60. The second kappa shape index (κ2) is 13.7. The number of hydrogen-bond donors (Lipinski definition) is 1. The fourth-order valence-corrected chi connectivity index (χ4v) is 6.21. The highest BCUT2D eigenvalue weighted by atomic mass is 35.5. The molecule has 0 heterocycles. The minimum Gasteiger partial charge on any atom is -0.352 e. The molecule has 1 saturated carbocycles. The molecule has 1 atom stereocenters. The number of amides is 2. The largest absolute Gasteiger partial charge is 0.352 e. The summed E-state index contributed by atoms with van der Waals surface area (Å²) < 4.78 is 26.5. The summed E-state index contributed by atoms with van der Waals surface area (Å²) in [6.45, 7) is 3.88. The van der Waals surface area contributed by atoms with Crippen molar-refractivity contribution in [1.29, 1.82) is 0 Å². The van der Waals surface area contributed by atoms with E-state index >= 15 is 0 Å². The summed E-state index contributed by atoms with van der Waals surface area (Å²) in [5.74, 6) is -0.410. The van der Waals surface area contributed by atoms with E-state index in [-0.39, 0.29) is 43.8 Å². The quantitative estimate of drug-likeness (QED) is 0.368. The van der Waals surface area contributed by atoms with Gasteiger partial charge in [0.1, 0.15) is 6.04 Å². The van der Waals surface area contributed by atoms with Gasteiger partial charge in [-0.2, -0.15) is 0 Å². The zero-order valence-corrected chi connectivity index (χ0v) is 24.6. The van der Waals surface area contributed by atoms with Crippen molar-refractivity contribution in [3.8, 4) is 0 Å². The fraction of sp³-hybridized carbons (Fsp3) is 0.500. The van der Waals surface area contributed by atoms with E-state index in [1.165, 1.54) is 10.7 Å². The van der Waals surface area contributed by atoms with Crippen LogP contribution in [0, 0.1) is 6.92 Å². The van der Waals surface area contributed by atoms with Gasteiger partial charge in [0, 0.05) is 35.6 Å². The normalized spacial score (nSPS) is 15.1. The standard InChI is InChI=1S/C28H37Cl2N3O4S/c1-20-14-15-24(30)18-26(20)33(38(3,36)37)16-8-13-27(34)32(19-22-9-7-10-23(29)17-22)21(2)28(35)31-25-11-5-4-6-12-25/h7,9-10,14-15,17-18,21,25H,4-6,8,11-13,16,19H2,1-3H3,(H,31,35)/t21-/m0/s1. The molecule has 1 aliphatic carbocycles. The lowest BCUT2D eigenvalue weighted by molar-refractivity contribution is -0.141. The fourth-order valence-electron chi connectivity index (χ4n) is 4.82. The number of nitrogens with zero attached hydrogens (tertiary/aromatic N) is 2. The Morgan fingerprint density at radius 2 is 1.74 bits per heavy atom. The number of halogens is 2. The van der Waals surface area contributed by atoms with Gasteiger partial charge in [0.05, 0.1) is 11.9 Å². The molecule has 2 amide bonds. The third kappa shape index (κ3) is 8.61. The van der Waals surface area contributed by atoms with E-state index in [1.807, 2.05) is 19.1 Å². The van der Waals surface area contributed by atoms with Crippen LogP contribution in [0.5, 0.6) is 0 Å². The zero-order chi connectivity index (χ0) is 27.9. The Bertz CT molecular complexity index is 1230. The summed E-state index contributed by atoms with van der Waals surface area (Å²) >= 11 is 12.3. The van der Waals surface area contributed by atoms with Crippen LogP contribution in [0.1, 0.15) is 63.0 Å². The molecular formula is C28H37Cl2N3O4S. The van der Waals surface area contributed by atoms with E-state index in [0.29, 0.717) is 15.7 Å². The van der Waals surface area contributed by atoms with Crippen molar-refractivity contribution < 1.29 is 18.0 Å². The third-order valence-electron chi connectivity index (χ3n) is 6.95. The van der Waals surface area contributed by atoms with E-state index in [9.17, 15) is 18.0 Å². The molecule has 0 saturated heterocycles. The first-order valence-electron chi connectivity index (χ1n) is 13.0. The summed E-state index contributed by atoms with van der Waals surface area (Å²) in [5.41, 5.74) is 2.07. The van der Waals surface area contributed by atoms with Crippen LogP contribution in [-0.4, -0.2) is 50.0 Å². The Kier molecular flexibility index (Phi) is 10.9. The smallest absolute Gasteiger partial charge is 0.242 e. The van der Waals surface area contributed by atoms with Crippen LogP contribution in [0.3, 0.4) is 0 Å². The molecule has 0 spiro atoms. The summed E-state index contributed by atoms with van der Waals surface area (Å²) in [7, 11) is -3.60. The number of anilines is 1. The number of hydrogen-bond acceptors (Lipinski definition) is 4. The first kappa shape index (κ1) is 30.3. The van der Waals surface area contributed by atoms with Gasteiger partial charge < -0.3 is 10.2 Å². The number of carbonyl (C=O) groups is 2. The molecule has 1 N–H and O–H groups in total. The van der Waals surface area contributed by atoms with Crippen LogP contribution in [0.2, 0.25) is 10.0 Å². The molecule has 38 heavy (non-hydrogen) atoms. The SMILES string of the molecule is Cc1ccc(Cl)cc1N(CCCC(=O)N(Cc1cccc(Cl)c1)[C@@H](C)C(=O)NC1CCCCC1)S(C)(=O)=O. The lowest BCUT2D eigenvalue weighted by atomic mass is 9.95. The summed E-state index contributed by atoms with van der Waals surface area (Å²) in [6.07, 6.45) is 6.75. The number of aryl methyl sites for hydroxylation is 1. The molecule has 0 aliphatic heterocycles. The molecule has 208 valence electrons. The Balaban J connectivity index is 1.74. The average Bonchev–Trinajstić information content (AvgIpc) is 2.86. The van der Waals surface area contributed by atoms with Crippen LogP contribution in [-0.2, 0) is 26.2 Å². The highest BCUT2D eigenvalue weighted by molar-refractivity contribution is 7.92. The van der Waals surface area contributed by atoms with Crippen LogP contribution in [0.15, 0.2) is 42.5 Å². The van der Waals surface area contributed by atoms with Crippen molar-refractivity contribution >= 4 is 50.7 Å². The summed E-state index contributed by atoms with van der Waals surface area (Å²) in [4.78, 5) is 28.2. The van der Waals surface area contributed by atoms with Crippen molar-refractivity contribution in [2.75, 3.05) is 17.1 Å². The first-order valence-corrected chi connectivity index (χ1v) is 15.6. The van der Waals surface area contributed by atoms with Gasteiger partial charge in [-0.1, -0.05) is 60.7 Å². The molecule has 1 fully saturated rings. The van der Waals surface area contributed by atoms with Gasteiger partial charge in [-0.3, -0.25) is 13.9 Å². The summed E-state index contributed by atoms with van der Waals surface area (Å²) in [6, 6.07) is 11.7. The molecule has 1 aliphatic rings. The van der Waals surface area contributed by atoms with E-state index < -0.39 is 16.1 Å². The number of benzene rings is 2. The Morgan fingerprint density at radius 1 is 1.05 bits per heavy atom. The Morgan fingerprint density at radius 3 is 2.39 bits per heavy atom. The molecule has 0 radical (unpaired) electrons. The molecule has 7 nitrogen and oxygen atoms in total. The second-order valence-electron chi connectivity index (χ2n) is 10.0. The van der Waals surface area contributed by atoms with Crippen LogP contribution >= 0.6 is 23.2 Å².